The van der Waals surface area contributed by atoms with Gasteiger partial charge in [0, 0.05) is 27.4 Å². The normalized spacial score (nSPS) is 12.7. The fraction of sp³-hybridized carbons (Fsp3) is 0.250. The molecule has 0 atom stereocenters. The molecule has 0 spiro atoms. The molecule has 2 aromatic heterocycles. The van der Waals surface area contributed by atoms with E-state index < -0.39 is 11.9 Å². The minimum atomic E-state index is -0.680. The highest BCUT2D eigenvalue weighted by Crippen LogP contribution is 2.37. The zero-order valence-corrected chi connectivity index (χ0v) is 25.4. The summed E-state index contributed by atoms with van der Waals surface area (Å²) in [6.45, 7) is 3.49. The Balaban J connectivity index is 1.69. The van der Waals surface area contributed by atoms with E-state index in [1.54, 1.807) is 57.3 Å². The molecule has 10 nitrogen and oxygen atoms in total. The van der Waals surface area contributed by atoms with E-state index in [-0.39, 0.29) is 51.2 Å². The number of carbonyl (C=O) groups is 1. The van der Waals surface area contributed by atoms with E-state index in [2.05, 4.69) is 16.0 Å². The Morgan fingerprint density at radius 3 is 2.63 bits per heavy atom. The van der Waals surface area contributed by atoms with Crippen LogP contribution in [-0.4, -0.2) is 32.2 Å². The van der Waals surface area contributed by atoms with E-state index in [1.165, 1.54) is 15.3 Å². The number of hydrogen-bond acceptors (Lipinski definition) is 7. The number of thiocarbonyl (C=S) groups is 1. The number of anilines is 3. The van der Waals surface area contributed by atoms with Gasteiger partial charge in [-0.3, -0.25) is 14.9 Å². The van der Waals surface area contributed by atoms with Crippen molar-refractivity contribution >= 4 is 74.0 Å². The van der Waals surface area contributed by atoms with Crippen LogP contribution in [0, 0.1) is 16.3 Å². The molecule has 0 saturated heterocycles. The molecule has 41 heavy (non-hydrogen) atoms. The number of pyridine rings is 1. The minimum Gasteiger partial charge on any atom is -0.450 e. The number of alkyl carbamates (subject to hydrolysis) is 1. The van der Waals surface area contributed by atoms with Crippen molar-refractivity contribution in [3.8, 4) is 11.3 Å². The number of halogens is 2. The molecule has 2 heterocycles. The minimum absolute atomic E-state index is 0.0374. The lowest BCUT2D eigenvalue weighted by atomic mass is 10.0. The van der Waals surface area contributed by atoms with Crippen molar-refractivity contribution in [1.29, 1.82) is 0 Å². The molecule has 0 radical (unpaired) electrons. The van der Waals surface area contributed by atoms with Crippen LogP contribution in [0.2, 0.25) is 0 Å². The number of hydrogen-bond donors (Lipinski definition) is 3. The van der Waals surface area contributed by atoms with Gasteiger partial charge >= 0.3 is 6.09 Å². The second-order valence-electron chi connectivity index (χ2n) is 9.55. The zero-order valence-electron chi connectivity index (χ0n) is 22.4. The van der Waals surface area contributed by atoms with Gasteiger partial charge in [-0.05, 0) is 91.8 Å². The highest BCUT2D eigenvalue weighted by Gasteiger charge is 2.30. The molecule has 0 aliphatic heterocycles. The van der Waals surface area contributed by atoms with E-state index in [9.17, 15) is 18.8 Å². The molecule has 0 bridgehead atoms. The molecule has 1 fully saturated rings. The summed E-state index contributed by atoms with van der Waals surface area (Å²) >= 11 is 7.24. The van der Waals surface area contributed by atoms with Crippen LogP contribution < -0.4 is 27.1 Å². The van der Waals surface area contributed by atoms with Gasteiger partial charge in [0.25, 0.3) is 11.1 Å². The largest absolute Gasteiger partial charge is 0.450 e. The number of carbonyl (C=O) groups excluding carboxylic acids is 1. The van der Waals surface area contributed by atoms with E-state index in [0.717, 1.165) is 12.8 Å². The zero-order chi connectivity index (χ0) is 29.4. The van der Waals surface area contributed by atoms with Gasteiger partial charge in [-0.15, -0.1) is 0 Å². The number of rotatable bonds is 6. The predicted octanol–water partition coefficient (Wildman–Crippen LogP) is 5.34. The number of amides is 1. The van der Waals surface area contributed by atoms with Crippen LogP contribution >= 0.6 is 34.8 Å². The number of aromatic nitrogens is 3. The molecular weight excluding hydrogens is 662 g/mol. The second-order valence-corrected chi connectivity index (χ2v) is 11.2. The molecule has 1 saturated carbocycles. The number of nitrogens with one attached hydrogen (secondary N) is 3. The van der Waals surface area contributed by atoms with Crippen molar-refractivity contribution in [3.63, 3.8) is 0 Å². The summed E-state index contributed by atoms with van der Waals surface area (Å²) in [6, 6.07) is 11.7. The second kappa shape index (κ2) is 11.6. The molecule has 4 aromatic rings. The van der Waals surface area contributed by atoms with Crippen LogP contribution in [-0.2, 0) is 11.8 Å². The maximum Gasteiger partial charge on any atom is 0.413 e. The lowest BCUT2D eigenvalue weighted by Gasteiger charge is -2.19. The van der Waals surface area contributed by atoms with E-state index in [1.807, 2.05) is 22.6 Å². The Kier molecular flexibility index (Phi) is 8.09. The first-order valence-corrected chi connectivity index (χ1v) is 14.3. The fourth-order valence-electron chi connectivity index (χ4n) is 4.54. The van der Waals surface area contributed by atoms with Crippen molar-refractivity contribution in [2.24, 2.45) is 7.05 Å². The molecule has 0 unspecified atom stereocenters. The van der Waals surface area contributed by atoms with Crippen molar-refractivity contribution < 1.29 is 13.9 Å². The molecule has 212 valence electrons. The van der Waals surface area contributed by atoms with Gasteiger partial charge in [0.1, 0.15) is 11.5 Å². The first-order chi connectivity index (χ1) is 19.6. The SMILES string of the molecule is CCOC(=O)NC(=S)Nc1cccc(-c2nn(C3CC3)c(=O)c3c(Nc4ccc(I)cc4F)c(C)c(=O)n(C)c23)c1. The molecule has 1 amide bonds. The van der Waals surface area contributed by atoms with Gasteiger partial charge in [-0.25, -0.2) is 13.9 Å². The van der Waals surface area contributed by atoms with Crippen LogP contribution in [0.25, 0.3) is 22.2 Å². The smallest absolute Gasteiger partial charge is 0.413 e. The summed E-state index contributed by atoms with van der Waals surface area (Å²) < 4.78 is 23.3. The van der Waals surface area contributed by atoms with Gasteiger partial charge in [0.15, 0.2) is 5.11 Å². The van der Waals surface area contributed by atoms with Crippen molar-refractivity contribution in [2.75, 3.05) is 17.2 Å². The van der Waals surface area contributed by atoms with Gasteiger partial charge < -0.3 is 19.9 Å². The summed E-state index contributed by atoms with van der Waals surface area (Å²) in [5.74, 6) is -0.506. The predicted molar refractivity (Wildman–Crippen MR) is 168 cm³/mol. The molecular formula is C28H26FIN6O4S. The number of fused-ring (bicyclic) bond motifs is 1. The first-order valence-electron chi connectivity index (χ1n) is 12.8. The van der Waals surface area contributed by atoms with Crippen molar-refractivity contribution in [2.45, 2.75) is 32.7 Å². The summed E-state index contributed by atoms with van der Waals surface area (Å²) in [6.07, 6.45) is 0.916. The molecule has 1 aliphatic carbocycles. The van der Waals surface area contributed by atoms with Crippen LogP contribution in [0.3, 0.4) is 0 Å². The van der Waals surface area contributed by atoms with Gasteiger partial charge in [0.05, 0.1) is 34.9 Å². The third-order valence-electron chi connectivity index (χ3n) is 6.65. The van der Waals surface area contributed by atoms with Gasteiger partial charge in [-0.1, -0.05) is 12.1 Å². The number of ether oxygens (including phenoxy) is 1. The Morgan fingerprint density at radius 1 is 1.20 bits per heavy atom. The Labute approximate surface area is 253 Å². The first kappa shape index (κ1) is 28.7. The molecule has 1 aliphatic rings. The maximum atomic E-state index is 14.9. The number of benzene rings is 2. The van der Waals surface area contributed by atoms with E-state index in [0.29, 0.717) is 26.0 Å². The molecule has 3 N–H and O–H groups in total. The molecule has 13 heteroatoms. The van der Waals surface area contributed by atoms with Crippen molar-refractivity contribution in [3.05, 3.63) is 78.1 Å². The fourth-order valence-corrected chi connectivity index (χ4v) is 5.20. The van der Waals surface area contributed by atoms with Gasteiger partial charge in [-0.2, -0.15) is 5.10 Å². The lowest BCUT2D eigenvalue weighted by Crippen LogP contribution is -2.34. The third kappa shape index (κ3) is 5.81. The van der Waals surface area contributed by atoms with Gasteiger partial charge in [0.2, 0.25) is 0 Å². The highest BCUT2D eigenvalue weighted by molar-refractivity contribution is 14.1. The Hall–Kier alpha value is -3.85. The van der Waals surface area contributed by atoms with Crippen LogP contribution in [0.5, 0.6) is 0 Å². The summed E-state index contributed by atoms with van der Waals surface area (Å²) in [5, 5.41) is 13.4. The molecule has 5 rings (SSSR count). The monoisotopic (exact) mass is 688 g/mol. The standard InChI is InChI=1S/C28H26FIN6O4S/c1-4-40-28(39)33-27(41)31-17-7-5-6-15(12-17)23-24-21(26(38)36(34-23)18-9-10-18)22(14(2)25(37)35(24)3)32-20-11-8-16(30)13-19(20)29/h5-8,11-13,18,32H,4,9-10H2,1-3H3,(H2,31,33,39,41). The summed E-state index contributed by atoms with van der Waals surface area (Å²) in [5.41, 5.74) is 1.77. The average Bonchev–Trinajstić information content (AvgIpc) is 3.76. The highest BCUT2D eigenvalue weighted by atomic mass is 127. The Morgan fingerprint density at radius 2 is 1.95 bits per heavy atom. The number of aryl methyl sites for hydroxylation is 1. The van der Waals surface area contributed by atoms with Crippen LogP contribution in [0.15, 0.2) is 52.1 Å². The quantitative estimate of drug-likeness (QED) is 0.184. The maximum absolute atomic E-state index is 14.9. The lowest BCUT2D eigenvalue weighted by molar-refractivity contribution is 0.158. The topological polar surface area (TPSA) is 119 Å². The van der Waals surface area contributed by atoms with Crippen molar-refractivity contribution in [1.82, 2.24) is 19.7 Å². The van der Waals surface area contributed by atoms with E-state index in [4.69, 9.17) is 22.1 Å². The molecule has 2 aromatic carbocycles. The van der Waals surface area contributed by atoms with E-state index >= 15 is 0 Å². The average molecular weight is 689 g/mol. The van der Waals surface area contributed by atoms with Crippen LogP contribution in [0.1, 0.15) is 31.4 Å². The summed E-state index contributed by atoms with van der Waals surface area (Å²) in [4.78, 5) is 39.1. The Bertz CT molecular complexity index is 1840. The summed E-state index contributed by atoms with van der Waals surface area (Å²) in [7, 11) is 1.58. The number of nitrogens with zero attached hydrogens (tertiary/aromatic N) is 3. The van der Waals surface area contributed by atoms with Crippen LogP contribution in [0.4, 0.5) is 26.2 Å². The third-order valence-corrected chi connectivity index (χ3v) is 7.52.